The maximum Gasteiger partial charge on any atom is 0.243 e. The number of nitrogens with two attached hydrogens (primary N) is 1. The van der Waals surface area contributed by atoms with Gasteiger partial charge in [-0.2, -0.15) is 4.98 Å². The average molecular weight is 279 g/mol. The number of aryl methyl sites for hydroxylation is 2. The predicted octanol–water partition coefficient (Wildman–Crippen LogP) is 3.13. The summed E-state index contributed by atoms with van der Waals surface area (Å²) in [6, 6.07) is 4.04. The molecule has 0 amide bonds. The molecule has 0 saturated heterocycles. The fraction of sp³-hybridized carbons (Fsp3) is 0.231. The number of ether oxygens (including phenoxy) is 1. The van der Waals surface area contributed by atoms with E-state index in [1.54, 1.807) is 0 Å². The van der Waals surface area contributed by atoms with Crippen molar-refractivity contribution < 1.29 is 4.74 Å². The minimum absolute atomic E-state index is 0.252. The lowest BCUT2D eigenvalue weighted by molar-refractivity contribution is 0.455. The van der Waals surface area contributed by atoms with E-state index in [4.69, 9.17) is 22.2 Å². The van der Waals surface area contributed by atoms with Gasteiger partial charge in [-0.15, -0.1) is 0 Å². The second-order valence-corrected chi connectivity index (χ2v) is 4.65. The fourth-order valence-electron chi connectivity index (χ4n) is 1.67. The highest BCUT2D eigenvalue weighted by Crippen LogP contribution is 2.33. The number of nitrogens with zero attached hydrogens (tertiary/aromatic N) is 2. The van der Waals surface area contributed by atoms with Crippen LogP contribution in [0.25, 0.3) is 0 Å². The van der Waals surface area contributed by atoms with Crippen molar-refractivity contribution in [2.45, 2.75) is 20.8 Å². The first-order valence-electron chi connectivity index (χ1n) is 5.76. The summed E-state index contributed by atoms with van der Waals surface area (Å²) in [5.41, 5.74) is 5.57. The molecular weight excluding hydrogens is 264 g/mol. The molecule has 0 saturated carbocycles. The molecule has 19 heavy (non-hydrogen) atoms. The number of nitrogen functional groups attached to an aromatic ring is 1. The van der Waals surface area contributed by atoms with Crippen molar-refractivity contribution >= 4 is 17.5 Å². The molecule has 0 aliphatic heterocycles. The second kappa shape index (κ2) is 5.42. The average Bonchev–Trinajstić information content (AvgIpc) is 2.41. The van der Waals surface area contributed by atoms with Gasteiger partial charge in [-0.3, -0.25) is 5.43 Å². The topological polar surface area (TPSA) is 73.1 Å². The van der Waals surface area contributed by atoms with Crippen LogP contribution in [0.3, 0.4) is 0 Å². The third kappa shape index (κ3) is 2.77. The van der Waals surface area contributed by atoms with Gasteiger partial charge in [0.15, 0.2) is 0 Å². The zero-order valence-electron chi connectivity index (χ0n) is 11.0. The van der Waals surface area contributed by atoms with Gasteiger partial charge in [0.05, 0.1) is 6.20 Å². The Labute approximate surface area is 116 Å². The normalized spacial score (nSPS) is 10.4. The van der Waals surface area contributed by atoms with Crippen molar-refractivity contribution in [3.8, 4) is 11.6 Å². The maximum atomic E-state index is 6.03. The molecule has 0 atom stereocenters. The van der Waals surface area contributed by atoms with Crippen molar-refractivity contribution in [2.75, 3.05) is 5.43 Å². The Morgan fingerprint density at radius 1 is 1.21 bits per heavy atom. The van der Waals surface area contributed by atoms with Crippen LogP contribution in [0.2, 0.25) is 5.02 Å². The van der Waals surface area contributed by atoms with Gasteiger partial charge in [0.25, 0.3) is 0 Å². The smallest absolute Gasteiger partial charge is 0.243 e. The van der Waals surface area contributed by atoms with Gasteiger partial charge in [-0.25, -0.2) is 10.8 Å². The second-order valence-electron chi connectivity index (χ2n) is 4.25. The van der Waals surface area contributed by atoms with Gasteiger partial charge in [-0.1, -0.05) is 23.7 Å². The van der Waals surface area contributed by atoms with Gasteiger partial charge >= 0.3 is 0 Å². The summed E-state index contributed by atoms with van der Waals surface area (Å²) in [4.78, 5) is 8.00. The lowest BCUT2D eigenvalue weighted by atomic mass is 10.1. The zero-order valence-corrected chi connectivity index (χ0v) is 11.7. The molecule has 1 aromatic carbocycles. The minimum Gasteiger partial charge on any atom is -0.437 e. The van der Waals surface area contributed by atoms with Gasteiger partial charge in [0.1, 0.15) is 10.8 Å². The number of rotatable bonds is 3. The molecule has 0 aliphatic rings. The van der Waals surface area contributed by atoms with Crippen LogP contribution in [0.4, 0.5) is 5.95 Å². The van der Waals surface area contributed by atoms with Crippen molar-refractivity contribution in [3.05, 3.63) is 40.0 Å². The molecule has 0 spiro atoms. The maximum absolute atomic E-state index is 6.03. The molecule has 6 heteroatoms. The Balaban J connectivity index is 2.44. The Kier molecular flexibility index (Phi) is 3.87. The highest BCUT2D eigenvalue weighted by Gasteiger charge is 2.12. The van der Waals surface area contributed by atoms with E-state index >= 15 is 0 Å². The molecule has 0 unspecified atom stereocenters. The molecule has 100 valence electrons. The van der Waals surface area contributed by atoms with Crippen LogP contribution in [-0.4, -0.2) is 9.97 Å². The van der Waals surface area contributed by atoms with E-state index < -0.39 is 0 Å². The van der Waals surface area contributed by atoms with Crippen molar-refractivity contribution in [3.63, 3.8) is 0 Å². The van der Waals surface area contributed by atoms with Crippen molar-refractivity contribution in [1.29, 1.82) is 0 Å². The van der Waals surface area contributed by atoms with Gasteiger partial charge in [0.2, 0.25) is 11.8 Å². The van der Waals surface area contributed by atoms with Crippen LogP contribution < -0.4 is 16.0 Å². The van der Waals surface area contributed by atoms with Gasteiger partial charge in [-0.05, 0) is 37.5 Å². The van der Waals surface area contributed by atoms with E-state index in [0.29, 0.717) is 5.02 Å². The summed E-state index contributed by atoms with van der Waals surface area (Å²) in [5.74, 6) is 6.56. The highest BCUT2D eigenvalue weighted by molar-refractivity contribution is 6.31. The first-order chi connectivity index (χ1) is 9.02. The molecule has 1 aromatic heterocycles. The lowest BCUT2D eigenvalue weighted by Gasteiger charge is -2.14. The van der Waals surface area contributed by atoms with Crippen LogP contribution >= 0.6 is 11.6 Å². The number of halogens is 1. The van der Waals surface area contributed by atoms with E-state index in [-0.39, 0.29) is 11.8 Å². The van der Waals surface area contributed by atoms with E-state index in [1.807, 2.05) is 32.9 Å². The Morgan fingerprint density at radius 3 is 2.58 bits per heavy atom. The standard InChI is InChI=1S/C13H15ClN4O/c1-7-4-5-8(2)11(9(7)3)19-12-10(14)6-16-13(17-12)18-15/h4-6H,15H2,1-3H3,(H,16,17,18). The lowest BCUT2D eigenvalue weighted by Crippen LogP contribution is -2.10. The van der Waals surface area contributed by atoms with Gasteiger partial charge in [0, 0.05) is 0 Å². The van der Waals surface area contributed by atoms with Crippen LogP contribution in [0.15, 0.2) is 18.3 Å². The van der Waals surface area contributed by atoms with E-state index in [0.717, 1.165) is 22.4 Å². The van der Waals surface area contributed by atoms with E-state index in [1.165, 1.54) is 6.20 Å². The number of benzene rings is 1. The third-order valence-electron chi connectivity index (χ3n) is 2.91. The van der Waals surface area contributed by atoms with Crippen LogP contribution in [0.5, 0.6) is 11.6 Å². The summed E-state index contributed by atoms with van der Waals surface area (Å²) in [6.45, 7) is 5.99. The summed E-state index contributed by atoms with van der Waals surface area (Å²) in [7, 11) is 0. The summed E-state index contributed by atoms with van der Waals surface area (Å²) >= 11 is 6.03. The largest absolute Gasteiger partial charge is 0.437 e. The summed E-state index contributed by atoms with van der Waals surface area (Å²) < 4.78 is 5.82. The third-order valence-corrected chi connectivity index (χ3v) is 3.17. The fourth-order valence-corrected chi connectivity index (χ4v) is 1.80. The first-order valence-corrected chi connectivity index (χ1v) is 6.14. The number of hydrogen-bond donors (Lipinski definition) is 2. The van der Waals surface area contributed by atoms with Crippen LogP contribution in [0, 0.1) is 20.8 Å². The van der Waals surface area contributed by atoms with Crippen molar-refractivity contribution in [2.24, 2.45) is 5.84 Å². The Morgan fingerprint density at radius 2 is 1.89 bits per heavy atom. The molecule has 2 aromatic rings. The molecule has 0 fully saturated rings. The van der Waals surface area contributed by atoms with Crippen molar-refractivity contribution in [1.82, 2.24) is 9.97 Å². The highest BCUT2D eigenvalue weighted by atomic mass is 35.5. The number of hydrazine groups is 1. The molecule has 0 radical (unpaired) electrons. The quantitative estimate of drug-likeness (QED) is 0.666. The first kappa shape index (κ1) is 13.6. The molecule has 1 heterocycles. The van der Waals surface area contributed by atoms with Crippen LogP contribution in [-0.2, 0) is 0 Å². The Hall–Kier alpha value is -1.85. The SMILES string of the molecule is Cc1ccc(C)c(Oc2nc(NN)ncc2Cl)c1C. The number of hydrogen-bond acceptors (Lipinski definition) is 5. The van der Waals surface area contributed by atoms with E-state index in [9.17, 15) is 0 Å². The van der Waals surface area contributed by atoms with Crippen LogP contribution in [0.1, 0.15) is 16.7 Å². The molecule has 5 nitrogen and oxygen atoms in total. The monoisotopic (exact) mass is 278 g/mol. The molecule has 0 aliphatic carbocycles. The predicted molar refractivity (Wildman–Crippen MR) is 75.6 cm³/mol. The molecule has 0 bridgehead atoms. The number of nitrogens with one attached hydrogen (secondary N) is 1. The van der Waals surface area contributed by atoms with Gasteiger partial charge < -0.3 is 4.74 Å². The summed E-state index contributed by atoms with van der Waals surface area (Å²) in [6.07, 6.45) is 1.44. The summed E-state index contributed by atoms with van der Waals surface area (Å²) in [5, 5.41) is 0.333. The molecular formula is C13H15ClN4O. The number of aromatic nitrogens is 2. The molecule has 2 rings (SSSR count). The molecule has 3 N–H and O–H groups in total. The number of anilines is 1. The zero-order chi connectivity index (χ0) is 14.0. The van der Waals surface area contributed by atoms with E-state index in [2.05, 4.69) is 15.4 Å². The Bertz CT molecular complexity index is 616. The minimum atomic E-state index is 0.252.